The van der Waals surface area contributed by atoms with Gasteiger partial charge in [0.05, 0.1) is 6.04 Å². The Morgan fingerprint density at radius 2 is 1.68 bits per heavy atom. The third kappa shape index (κ3) is 6.65. The van der Waals surface area contributed by atoms with Gasteiger partial charge in [0.1, 0.15) is 5.54 Å². The van der Waals surface area contributed by atoms with Crippen molar-refractivity contribution in [2.75, 3.05) is 0 Å². The van der Waals surface area contributed by atoms with Crippen molar-refractivity contribution in [2.24, 2.45) is 5.92 Å². The zero-order chi connectivity index (χ0) is 21.5. The molecule has 8 heteroatoms. The highest BCUT2D eigenvalue weighted by atomic mass is 19.4. The minimum atomic E-state index is -5.12. The molecule has 0 saturated heterocycles. The normalized spacial score (nSPS) is 14.9. The molecule has 1 aromatic carbocycles. The van der Waals surface area contributed by atoms with Crippen LogP contribution in [0.25, 0.3) is 0 Å². The standard InChI is InChI=1S/C20H26F3N2O3/c1-5-14-8-6-7-9-15(14)10-16(12-26)24-17(27)19(4,11-13(2)3)25-18(28)20(21,22)23/h6-9,13,16H,5,10-11H2,1-4H3,(H,24,27)(H,25,28)/t16-,19-/m0/s1. The molecule has 155 valence electrons. The molecule has 0 unspecified atom stereocenters. The number of nitrogens with one attached hydrogen (secondary N) is 2. The Balaban J connectivity index is 3.00. The highest BCUT2D eigenvalue weighted by Crippen LogP contribution is 2.22. The first-order valence-corrected chi connectivity index (χ1v) is 9.07. The molecule has 1 radical (unpaired) electrons. The summed E-state index contributed by atoms with van der Waals surface area (Å²) >= 11 is 0. The molecule has 1 rings (SSSR count). The third-order valence-electron chi connectivity index (χ3n) is 4.34. The summed E-state index contributed by atoms with van der Waals surface area (Å²) < 4.78 is 38.0. The molecule has 0 spiro atoms. The summed E-state index contributed by atoms with van der Waals surface area (Å²) in [6.07, 6.45) is -2.54. The average molecular weight is 399 g/mol. The number of halogens is 3. The fourth-order valence-electron chi connectivity index (χ4n) is 3.10. The molecule has 0 aliphatic heterocycles. The molecule has 0 heterocycles. The van der Waals surface area contributed by atoms with Crippen molar-refractivity contribution in [3.8, 4) is 0 Å². The van der Waals surface area contributed by atoms with Crippen molar-refractivity contribution in [3.05, 3.63) is 35.4 Å². The van der Waals surface area contributed by atoms with E-state index < -0.39 is 29.6 Å². The molecule has 1 aromatic rings. The largest absolute Gasteiger partial charge is 0.471 e. The Kier molecular flexibility index (Phi) is 8.20. The van der Waals surface area contributed by atoms with Crippen LogP contribution in [0.2, 0.25) is 0 Å². The summed E-state index contributed by atoms with van der Waals surface area (Å²) in [5.41, 5.74) is 0.0102. The first-order chi connectivity index (χ1) is 12.9. The highest BCUT2D eigenvalue weighted by molar-refractivity contribution is 5.94. The molecular weight excluding hydrogens is 373 g/mol. The summed E-state index contributed by atoms with van der Waals surface area (Å²) in [6.45, 7) is 6.59. The lowest BCUT2D eigenvalue weighted by atomic mass is 9.89. The molecular formula is C20H26F3N2O3. The average Bonchev–Trinajstić information content (AvgIpc) is 2.59. The van der Waals surface area contributed by atoms with Gasteiger partial charge in [0, 0.05) is 6.42 Å². The van der Waals surface area contributed by atoms with E-state index in [1.54, 1.807) is 31.5 Å². The van der Waals surface area contributed by atoms with Crippen molar-refractivity contribution < 1.29 is 27.6 Å². The number of amides is 2. The van der Waals surface area contributed by atoms with Crippen LogP contribution in [0.4, 0.5) is 13.2 Å². The number of rotatable bonds is 9. The second-order valence-electron chi connectivity index (χ2n) is 7.35. The lowest BCUT2D eigenvalue weighted by Crippen LogP contribution is -2.61. The predicted molar refractivity (Wildman–Crippen MR) is 99.2 cm³/mol. The number of aryl methyl sites for hydroxylation is 1. The van der Waals surface area contributed by atoms with Gasteiger partial charge in [-0.2, -0.15) is 13.2 Å². The molecule has 5 nitrogen and oxygen atoms in total. The molecule has 0 aliphatic carbocycles. The monoisotopic (exact) mass is 399 g/mol. The smallest absolute Gasteiger partial charge is 0.343 e. The number of hydrogen-bond acceptors (Lipinski definition) is 3. The van der Waals surface area contributed by atoms with Gasteiger partial charge in [0.25, 0.3) is 0 Å². The van der Waals surface area contributed by atoms with Crippen LogP contribution in [0, 0.1) is 5.92 Å². The fourth-order valence-corrected chi connectivity index (χ4v) is 3.10. The summed E-state index contributed by atoms with van der Waals surface area (Å²) in [7, 11) is 0. The minimum absolute atomic E-state index is 0.0300. The van der Waals surface area contributed by atoms with E-state index in [4.69, 9.17) is 0 Å². The van der Waals surface area contributed by atoms with Gasteiger partial charge in [-0.1, -0.05) is 45.0 Å². The van der Waals surface area contributed by atoms with Crippen LogP contribution >= 0.6 is 0 Å². The van der Waals surface area contributed by atoms with E-state index in [0.717, 1.165) is 17.5 Å². The molecule has 0 fully saturated rings. The number of carbonyl (C=O) groups is 2. The summed E-state index contributed by atoms with van der Waals surface area (Å²) in [5, 5.41) is 4.20. The van der Waals surface area contributed by atoms with Gasteiger partial charge in [-0.15, -0.1) is 0 Å². The van der Waals surface area contributed by atoms with Gasteiger partial charge < -0.3 is 10.6 Å². The lowest BCUT2D eigenvalue weighted by molar-refractivity contribution is -0.176. The number of alkyl halides is 3. The van der Waals surface area contributed by atoms with Crippen LogP contribution in [0.3, 0.4) is 0 Å². The maximum Gasteiger partial charge on any atom is 0.471 e. The van der Waals surface area contributed by atoms with Crippen molar-refractivity contribution >= 4 is 18.1 Å². The van der Waals surface area contributed by atoms with Gasteiger partial charge in [-0.3, -0.25) is 14.4 Å². The maximum atomic E-state index is 12.7. The van der Waals surface area contributed by atoms with Crippen molar-refractivity contribution in [1.29, 1.82) is 0 Å². The Morgan fingerprint density at radius 1 is 1.11 bits per heavy atom. The Bertz CT molecular complexity index is 704. The summed E-state index contributed by atoms with van der Waals surface area (Å²) in [5.74, 6) is -3.24. The molecule has 2 atom stereocenters. The van der Waals surface area contributed by atoms with Gasteiger partial charge in [-0.25, -0.2) is 0 Å². The number of hydrogen-bond donors (Lipinski definition) is 2. The van der Waals surface area contributed by atoms with Crippen LogP contribution in [0.1, 0.15) is 45.2 Å². The first-order valence-electron chi connectivity index (χ1n) is 9.07. The molecule has 2 amide bonds. The van der Waals surface area contributed by atoms with Gasteiger partial charge in [0.15, 0.2) is 0 Å². The Labute approximate surface area is 163 Å². The summed E-state index contributed by atoms with van der Waals surface area (Å²) in [6, 6.07) is 6.31. The number of benzene rings is 1. The lowest BCUT2D eigenvalue weighted by Gasteiger charge is -2.32. The quantitative estimate of drug-likeness (QED) is 0.671. The second kappa shape index (κ2) is 9.71. The zero-order valence-corrected chi connectivity index (χ0v) is 16.4. The third-order valence-corrected chi connectivity index (χ3v) is 4.34. The zero-order valence-electron chi connectivity index (χ0n) is 16.4. The molecule has 0 saturated carbocycles. The van der Waals surface area contributed by atoms with Crippen LogP contribution in [-0.2, 0) is 27.2 Å². The van der Waals surface area contributed by atoms with E-state index in [-0.39, 0.29) is 18.8 Å². The van der Waals surface area contributed by atoms with Gasteiger partial charge >= 0.3 is 12.1 Å². The molecule has 0 aliphatic rings. The fraction of sp³-hybridized carbons (Fsp3) is 0.550. The van der Waals surface area contributed by atoms with Crippen molar-refractivity contribution in [2.45, 2.75) is 64.7 Å². The van der Waals surface area contributed by atoms with Crippen LogP contribution in [0.5, 0.6) is 0 Å². The number of carbonyl (C=O) groups excluding carboxylic acids is 3. The SMILES string of the molecule is CCc1ccccc1C[C@@H]([C]=O)NC(=O)[C@](C)(CC(C)C)NC(=O)C(F)(F)F. The topological polar surface area (TPSA) is 75.3 Å². The Hall–Kier alpha value is -2.38. The van der Waals surface area contributed by atoms with E-state index in [2.05, 4.69) is 5.32 Å². The first kappa shape index (κ1) is 23.7. The van der Waals surface area contributed by atoms with Crippen molar-refractivity contribution in [1.82, 2.24) is 10.6 Å². The Morgan fingerprint density at radius 3 is 2.14 bits per heavy atom. The molecule has 0 aromatic heterocycles. The predicted octanol–water partition coefficient (Wildman–Crippen LogP) is 2.87. The molecule has 28 heavy (non-hydrogen) atoms. The minimum Gasteiger partial charge on any atom is -0.343 e. The van der Waals surface area contributed by atoms with E-state index in [9.17, 15) is 27.6 Å². The van der Waals surface area contributed by atoms with E-state index in [1.807, 2.05) is 25.1 Å². The molecule has 2 N–H and O–H groups in total. The van der Waals surface area contributed by atoms with Crippen molar-refractivity contribution in [3.63, 3.8) is 0 Å². The van der Waals surface area contributed by atoms with Crippen LogP contribution in [-0.4, -0.2) is 35.9 Å². The van der Waals surface area contributed by atoms with Crippen LogP contribution < -0.4 is 10.6 Å². The highest BCUT2D eigenvalue weighted by Gasteiger charge is 2.45. The van der Waals surface area contributed by atoms with Gasteiger partial charge in [-0.05, 0) is 36.8 Å². The van der Waals surface area contributed by atoms with E-state index >= 15 is 0 Å². The second-order valence-corrected chi connectivity index (χ2v) is 7.35. The van der Waals surface area contributed by atoms with Crippen LogP contribution in [0.15, 0.2) is 24.3 Å². The van der Waals surface area contributed by atoms with Gasteiger partial charge in [0.2, 0.25) is 12.2 Å². The van der Waals surface area contributed by atoms with E-state index in [0.29, 0.717) is 0 Å². The molecule has 0 bridgehead atoms. The van der Waals surface area contributed by atoms with E-state index in [1.165, 1.54) is 6.92 Å². The summed E-state index contributed by atoms with van der Waals surface area (Å²) in [4.78, 5) is 35.5. The maximum absolute atomic E-state index is 12.7.